The minimum Gasteiger partial charge on any atom is -0.396 e. The maximum atomic E-state index is 10.7. The number of hydrogen-bond donors (Lipinski definition) is 3. The molecule has 0 bridgehead atoms. The number of carbonyl (C=O) groups is 1. The number of primary amides is 1. The number of carbonyl (C=O) groups excluding carboxylic acids is 1. The zero-order valence-corrected chi connectivity index (χ0v) is 11.6. The number of nitrogens with one attached hydrogen (secondary N) is 1. The van der Waals surface area contributed by atoms with Gasteiger partial charge in [-0.05, 0) is 19.8 Å². The second kappa shape index (κ2) is 12.4. The molecule has 4 heteroatoms. The Balaban J connectivity index is 3.17. The van der Waals surface area contributed by atoms with E-state index in [-0.39, 0.29) is 5.91 Å². The number of aliphatic hydroxyl groups is 1. The van der Waals surface area contributed by atoms with Crippen molar-refractivity contribution in [1.82, 2.24) is 5.32 Å². The van der Waals surface area contributed by atoms with Crippen molar-refractivity contribution in [3.05, 3.63) is 11.8 Å². The molecule has 4 N–H and O–H groups in total. The average Bonchev–Trinajstić information content (AvgIpc) is 2.35. The van der Waals surface area contributed by atoms with Crippen LogP contribution in [-0.4, -0.2) is 24.2 Å². The lowest BCUT2D eigenvalue weighted by molar-refractivity contribution is -0.114. The molecule has 0 aromatic heterocycles. The predicted molar refractivity (Wildman–Crippen MR) is 75.0 cm³/mol. The van der Waals surface area contributed by atoms with Crippen LogP contribution < -0.4 is 11.1 Å². The Morgan fingerprint density at radius 2 is 1.56 bits per heavy atom. The van der Waals surface area contributed by atoms with Gasteiger partial charge in [-0.1, -0.05) is 38.5 Å². The van der Waals surface area contributed by atoms with Crippen molar-refractivity contribution in [1.29, 1.82) is 0 Å². The molecule has 0 aromatic carbocycles. The first-order valence-corrected chi connectivity index (χ1v) is 6.99. The summed E-state index contributed by atoms with van der Waals surface area (Å²) in [7, 11) is 0. The van der Waals surface area contributed by atoms with Crippen LogP contribution in [0.5, 0.6) is 0 Å². The lowest BCUT2D eigenvalue weighted by Gasteiger charge is -2.03. The summed E-state index contributed by atoms with van der Waals surface area (Å²) in [5.41, 5.74) is 5.67. The summed E-state index contributed by atoms with van der Waals surface area (Å²) in [5, 5.41) is 11.7. The zero-order chi connectivity index (χ0) is 13.6. The van der Waals surface area contributed by atoms with Crippen LogP contribution in [-0.2, 0) is 4.79 Å². The third-order valence-electron chi connectivity index (χ3n) is 2.94. The molecule has 0 aliphatic heterocycles. The summed E-state index contributed by atoms with van der Waals surface area (Å²) >= 11 is 0. The van der Waals surface area contributed by atoms with E-state index >= 15 is 0 Å². The van der Waals surface area contributed by atoms with Crippen molar-refractivity contribution in [3.63, 3.8) is 0 Å². The van der Waals surface area contributed by atoms with E-state index in [0.29, 0.717) is 12.2 Å². The molecule has 0 fully saturated rings. The molecule has 0 atom stereocenters. The monoisotopic (exact) mass is 256 g/mol. The third-order valence-corrected chi connectivity index (χ3v) is 2.94. The smallest absolute Gasteiger partial charge is 0.245 e. The van der Waals surface area contributed by atoms with Crippen molar-refractivity contribution < 1.29 is 9.90 Å². The Kier molecular flexibility index (Phi) is 11.7. The molecule has 106 valence electrons. The van der Waals surface area contributed by atoms with Gasteiger partial charge in [0, 0.05) is 24.9 Å². The summed E-state index contributed by atoms with van der Waals surface area (Å²) < 4.78 is 0. The Bertz CT molecular complexity index is 240. The maximum Gasteiger partial charge on any atom is 0.245 e. The lowest BCUT2D eigenvalue weighted by Crippen LogP contribution is -2.16. The van der Waals surface area contributed by atoms with Crippen molar-refractivity contribution in [2.75, 3.05) is 13.2 Å². The first-order valence-electron chi connectivity index (χ1n) is 6.99. The van der Waals surface area contributed by atoms with Gasteiger partial charge in [-0.3, -0.25) is 4.79 Å². The van der Waals surface area contributed by atoms with Crippen molar-refractivity contribution in [2.45, 2.75) is 58.3 Å². The number of hydrogen-bond acceptors (Lipinski definition) is 3. The second-order valence-corrected chi connectivity index (χ2v) is 4.70. The molecular formula is C14H28N2O2. The van der Waals surface area contributed by atoms with E-state index in [9.17, 15) is 4.79 Å². The Morgan fingerprint density at radius 1 is 1.06 bits per heavy atom. The molecule has 0 aliphatic rings. The Labute approximate surface area is 111 Å². The standard InChI is InChI=1S/C14H28N2O2/c1-13(14(15)18)12-16-10-8-6-4-2-3-5-7-9-11-17/h12,16-17H,2-11H2,1H3,(H2,15,18)/b13-12-. The molecule has 0 heterocycles. The fraction of sp³-hybridized carbons (Fsp3) is 0.786. The third kappa shape index (κ3) is 11.5. The van der Waals surface area contributed by atoms with Gasteiger partial charge in [-0.25, -0.2) is 0 Å². The van der Waals surface area contributed by atoms with Gasteiger partial charge in [-0.2, -0.15) is 0 Å². The number of aliphatic hydroxyl groups excluding tert-OH is 1. The van der Waals surface area contributed by atoms with E-state index in [4.69, 9.17) is 10.8 Å². The van der Waals surface area contributed by atoms with Crippen molar-refractivity contribution >= 4 is 5.91 Å². The molecule has 0 rings (SSSR count). The fourth-order valence-corrected chi connectivity index (χ4v) is 1.70. The highest BCUT2D eigenvalue weighted by atomic mass is 16.2. The molecule has 0 radical (unpaired) electrons. The topological polar surface area (TPSA) is 75.3 Å². The summed E-state index contributed by atoms with van der Waals surface area (Å²) in [6.07, 6.45) is 11.2. The molecule has 0 saturated carbocycles. The van der Waals surface area contributed by atoms with Gasteiger partial charge in [0.05, 0.1) is 0 Å². The summed E-state index contributed by atoms with van der Waals surface area (Å²) in [6.45, 7) is 2.93. The van der Waals surface area contributed by atoms with Crippen LogP contribution in [0.4, 0.5) is 0 Å². The van der Waals surface area contributed by atoms with Crippen LogP contribution in [0.25, 0.3) is 0 Å². The predicted octanol–water partition coefficient (Wildman–Crippen LogP) is 2.08. The molecular weight excluding hydrogens is 228 g/mol. The SMILES string of the molecule is C/C(=C/NCCCCCCCCCCO)C(N)=O. The van der Waals surface area contributed by atoms with Gasteiger partial charge >= 0.3 is 0 Å². The maximum absolute atomic E-state index is 10.7. The molecule has 0 unspecified atom stereocenters. The summed E-state index contributed by atoms with van der Waals surface area (Å²) in [4.78, 5) is 10.7. The highest BCUT2D eigenvalue weighted by molar-refractivity contribution is 5.91. The Morgan fingerprint density at radius 3 is 2.06 bits per heavy atom. The first-order chi connectivity index (χ1) is 8.68. The van der Waals surface area contributed by atoms with Crippen LogP contribution in [0.1, 0.15) is 58.3 Å². The van der Waals surface area contributed by atoms with Crippen molar-refractivity contribution in [3.8, 4) is 0 Å². The van der Waals surface area contributed by atoms with Crippen LogP contribution in [0.2, 0.25) is 0 Å². The molecule has 0 aliphatic carbocycles. The summed E-state index contributed by atoms with van der Waals surface area (Å²) in [6, 6.07) is 0. The van der Waals surface area contributed by atoms with Crippen LogP contribution in [0, 0.1) is 0 Å². The van der Waals surface area contributed by atoms with E-state index in [1.165, 1.54) is 32.1 Å². The fourth-order valence-electron chi connectivity index (χ4n) is 1.70. The van der Waals surface area contributed by atoms with Gasteiger partial charge < -0.3 is 16.2 Å². The molecule has 0 spiro atoms. The number of amides is 1. The van der Waals surface area contributed by atoms with Gasteiger partial charge in [-0.15, -0.1) is 0 Å². The normalized spacial score (nSPS) is 11.6. The minimum absolute atomic E-state index is 0.323. The molecule has 18 heavy (non-hydrogen) atoms. The highest BCUT2D eigenvalue weighted by Crippen LogP contribution is 2.07. The van der Waals surface area contributed by atoms with Crippen LogP contribution in [0.15, 0.2) is 11.8 Å². The number of rotatable bonds is 12. The first kappa shape index (κ1) is 17.0. The molecule has 4 nitrogen and oxygen atoms in total. The average molecular weight is 256 g/mol. The van der Waals surface area contributed by atoms with Gasteiger partial charge in [0.15, 0.2) is 0 Å². The highest BCUT2D eigenvalue weighted by Gasteiger charge is 1.95. The molecule has 1 amide bonds. The van der Waals surface area contributed by atoms with E-state index in [0.717, 1.165) is 25.8 Å². The summed E-state index contributed by atoms with van der Waals surface area (Å²) in [5.74, 6) is -0.370. The number of nitrogens with two attached hydrogens (primary N) is 1. The lowest BCUT2D eigenvalue weighted by atomic mass is 10.1. The molecule has 0 saturated heterocycles. The van der Waals surface area contributed by atoms with E-state index < -0.39 is 0 Å². The second-order valence-electron chi connectivity index (χ2n) is 4.70. The van der Waals surface area contributed by atoms with E-state index in [1.54, 1.807) is 13.1 Å². The van der Waals surface area contributed by atoms with Gasteiger partial charge in [0.1, 0.15) is 0 Å². The van der Waals surface area contributed by atoms with Gasteiger partial charge in [0.25, 0.3) is 0 Å². The van der Waals surface area contributed by atoms with Gasteiger partial charge in [0.2, 0.25) is 5.91 Å². The minimum atomic E-state index is -0.370. The van der Waals surface area contributed by atoms with E-state index in [1.807, 2.05) is 0 Å². The van der Waals surface area contributed by atoms with Crippen LogP contribution in [0.3, 0.4) is 0 Å². The van der Waals surface area contributed by atoms with Crippen LogP contribution >= 0.6 is 0 Å². The molecule has 0 aromatic rings. The number of unbranched alkanes of at least 4 members (excludes halogenated alkanes) is 7. The Hall–Kier alpha value is -1.03. The largest absolute Gasteiger partial charge is 0.396 e. The van der Waals surface area contributed by atoms with Crippen molar-refractivity contribution in [2.24, 2.45) is 5.73 Å². The quantitative estimate of drug-likeness (QED) is 0.369. The van der Waals surface area contributed by atoms with E-state index in [2.05, 4.69) is 5.32 Å². The zero-order valence-electron chi connectivity index (χ0n) is 11.6.